The van der Waals surface area contributed by atoms with Gasteiger partial charge in [-0.25, -0.2) is 4.98 Å². The van der Waals surface area contributed by atoms with Crippen LogP contribution in [0.2, 0.25) is 0 Å². The van der Waals surface area contributed by atoms with Crippen LogP contribution in [-0.2, 0) is 6.61 Å². The first-order chi connectivity index (χ1) is 12.1. The molecule has 1 amide bonds. The highest BCUT2D eigenvalue weighted by Crippen LogP contribution is 2.17. The van der Waals surface area contributed by atoms with Crippen LogP contribution in [0.25, 0.3) is 0 Å². The molecular formula is C19H25N3O3. The summed E-state index contributed by atoms with van der Waals surface area (Å²) in [5.74, 6) is 1.02. The summed E-state index contributed by atoms with van der Waals surface area (Å²) < 4.78 is 11.0. The van der Waals surface area contributed by atoms with Crippen LogP contribution in [0.15, 0.2) is 41.0 Å². The second-order valence-electron chi connectivity index (χ2n) is 6.54. The first-order valence-corrected chi connectivity index (χ1v) is 8.71. The van der Waals surface area contributed by atoms with Crippen molar-refractivity contribution in [3.8, 4) is 5.75 Å². The van der Waals surface area contributed by atoms with E-state index in [1.54, 1.807) is 4.90 Å². The van der Waals surface area contributed by atoms with E-state index in [1.807, 2.05) is 37.4 Å². The summed E-state index contributed by atoms with van der Waals surface area (Å²) in [7, 11) is 3.94. The van der Waals surface area contributed by atoms with Crippen molar-refractivity contribution >= 4 is 5.91 Å². The van der Waals surface area contributed by atoms with Crippen LogP contribution in [0.3, 0.4) is 0 Å². The van der Waals surface area contributed by atoms with Gasteiger partial charge in [0.05, 0.1) is 0 Å². The zero-order valence-electron chi connectivity index (χ0n) is 14.9. The van der Waals surface area contributed by atoms with Crippen LogP contribution in [0.1, 0.15) is 35.6 Å². The molecule has 1 aromatic heterocycles. The molecule has 1 fully saturated rings. The average Bonchev–Trinajstić information content (AvgIpc) is 3.11. The van der Waals surface area contributed by atoms with Gasteiger partial charge in [0.1, 0.15) is 12.0 Å². The molecule has 1 aliphatic rings. The number of likely N-dealkylation sites (tertiary alicyclic amines) is 1. The summed E-state index contributed by atoms with van der Waals surface area (Å²) in [6, 6.07) is 9.87. The van der Waals surface area contributed by atoms with Crippen molar-refractivity contribution < 1.29 is 13.9 Å². The Bertz CT molecular complexity index is 686. The summed E-state index contributed by atoms with van der Waals surface area (Å²) in [6.45, 7) is 2.00. The normalized spacial score (nSPS) is 18.1. The maximum Gasteiger partial charge on any atom is 0.275 e. The van der Waals surface area contributed by atoms with Crippen molar-refractivity contribution in [3.05, 3.63) is 48.2 Å². The van der Waals surface area contributed by atoms with E-state index >= 15 is 0 Å². The molecule has 1 unspecified atom stereocenters. The Kier molecular flexibility index (Phi) is 5.71. The first kappa shape index (κ1) is 17.5. The molecule has 2 heterocycles. The number of para-hydroxylation sites is 1. The SMILES string of the molecule is CN(CC1CCCCN1C)C(=O)c1coc(COc2ccccc2)n1. The summed E-state index contributed by atoms with van der Waals surface area (Å²) in [5.41, 5.74) is 0.327. The van der Waals surface area contributed by atoms with Crippen LogP contribution in [0.4, 0.5) is 0 Å². The highest BCUT2D eigenvalue weighted by atomic mass is 16.5. The lowest BCUT2D eigenvalue weighted by atomic mass is 10.0. The highest BCUT2D eigenvalue weighted by molar-refractivity contribution is 5.91. The van der Waals surface area contributed by atoms with E-state index in [4.69, 9.17) is 9.15 Å². The van der Waals surface area contributed by atoms with Gasteiger partial charge in [0.15, 0.2) is 12.3 Å². The van der Waals surface area contributed by atoms with Gasteiger partial charge in [0.2, 0.25) is 5.89 Å². The number of oxazole rings is 1. The van der Waals surface area contributed by atoms with Crippen molar-refractivity contribution in [3.63, 3.8) is 0 Å². The summed E-state index contributed by atoms with van der Waals surface area (Å²) in [6.07, 6.45) is 5.00. The Labute approximate surface area is 148 Å². The maximum atomic E-state index is 12.6. The molecule has 1 saturated heterocycles. The van der Waals surface area contributed by atoms with E-state index in [0.717, 1.165) is 18.7 Å². The van der Waals surface area contributed by atoms with Crippen molar-refractivity contribution in [1.29, 1.82) is 0 Å². The van der Waals surface area contributed by atoms with Gasteiger partial charge in [-0.3, -0.25) is 4.79 Å². The standard InChI is InChI=1S/C19H25N3O3/c1-21-11-7-6-8-15(21)12-22(2)19(23)17-13-25-18(20-17)14-24-16-9-4-3-5-10-16/h3-5,9-10,13,15H,6-8,11-12,14H2,1-2H3. The molecule has 0 bridgehead atoms. The zero-order chi connectivity index (χ0) is 17.6. The van der Waals surface area contributed by atoms with Crippen LogP contribution in [-0.4, -0.2) is 53.9 Å². The number of carbonyl (C=O) groups excluding carboxylic acids is 1. The molecule has 3 rings (SSSR count). The predicted octanol–water partition coefficient (Wildman–Crippen LogP) is 2.81. The number of nitrogens with zero attached hydrogens (tertiary/aromatic N) is 3. The molecule has 0 N–H and O–H groups in total. The van der Waals surface area contributed by atoms with Crippen LogP contribution >= 0.6 is 0 Å². The lowest BCUT2D eigenvalue weighted by molar-refractivity contribution is 0.0711. The Morgan fingerprint density at radius 3 is 2.92 bits per heavy atom. The fraction of sp³-hybridized carbons (Fsp3) is 0.474. The van der Waals surface area contributed by atoms with Gasteiger partial charge in [0.25, 0.3) is 5.91 Å². The number of hydrogen-bond acceptors (Lipinski definition) is 5. The minimum atomic E-state index is -0.117. The second kappa shape index (κ2) is 8.16. The number of amides is 1. The number of hydrogen-bond donors (Lipinski definition) is 0. The largest absolute Gasteiger partial charge is 0.484 e. The molecule has 1 aliphatic heterocycles. The van der Waals surface area contributed by atoms with Crippen molar-refractivity contribution in [2.24, 2.45) is 0 Å². The van der Waals surface area contributed by atoms with Gasteiger partial charge in [-0.2, -0.15) is 0 Å². The lowest BCUT2D eigenvalue weighted by Crippen LogP contribution is -2.45. The number of carbonyl (C=O) groups is 1. The van der Waals surface area contributed by atoms with E-state index in [9.17, 15) is 4.79 Å². The van der Waals surface area contributed by atoms with Crippen LogP contribution in [0, 0.1) is 0 Å². The van der Waals surface area contributed by atoms with Gasteiger partial charge >= 0.3 is 0 Å². The van der Waals surface area contributed by atoms with E-state index < -0.39 is 0 Å². The number of ether oxygens (including phenoxy) is 1. The molecule has 2 aromatic rings. The molecule has 134 valence electrons. The first-order valence-electron chi connectivity index (χ1n) is 8.71. The number of piperidine rings is 1. The molecule has 0 spiro atoms. The Morgan fingerprint density at radius 1 is 1.36 bits per heavy atom. The van der Waals surface area contributed by atoms with Crippen LogP contribution < -0.4 is 4.74 Å². The molecule has 0 aliphatic carbocycles. The molecule has 25 heavy (non-hydrogen) atoms. The minimum absolute atomic E-state index is 0.117. The van der Waals surface area contributed by atoms with E-state index in [2.05, 4.69) is 16.9 Å². The minimum Gasteiger partial charge on any atom is -0.484 e. The molecule has 0 radical (unpaired) electrons. The predicted molar refractivity (Wildman–Crippen MR) is 94.5 cm³/mol. The Balaban J connectivity index is 1.54. The van der Waals surface area contributed by atoms with Gasteiger partial charge in [-0.05, 0) is 38.6 Å². The fourth-order valence-corrected chi connectivity index (χ4v) is 3.11. The molecule has 0 saturated carbocycles. The fourth-order valence-electron chi connectivity index (χ4n) is 3.11. The topological polar surface area (TPSA) is 58.8 Å². The summed E-state index contributed by atoms with van der Waals surface area (Å²) in [4.78, 5) is 20.9. The molecule has 6 nitrogen and oxygen atoms in total. The zero-order valence-corrected chi connectivity index (χ0v) is 14.9. The van der Waals surface area contributed by atoms with Gasteiger partial charge in [-0.15, -0.1) is 0 Å². The number of rotatable bonds is 6. The molecular weight excluding hydrogens is 318 g/mol. The lowest BCUT2D eigenvalue weighted by Gasteiger charge is -2.34. The molecule has 1 atom stereocenters. The van der Waals surface area contributed by atoms with Crippen molar-refractivity contribution in [1.82, 2.24) is 14.8 Å². The Hall–Kier alpha value is -2.34. The number of benzene rings is 1. The number of aromatic nitrogens is 1. The van der Waals surface area contributed by atoms with E-state index in [-0.39, 0.29) is 12.5 Å². The quantitative estimate of drug-likeness (QED) is 0.807. The van der Waals surface area contributed by atoms with Crippen molar-refractivity contribution in [2.75, 3.05) is 27.2 Å². The van der Waals surface area contributed by atoms with E-state index in [1.165, 1.54) is 19.1 Å². The maximum absolute atomic E-state index is 12.6. The van der Waals surface area contributed by atoms with Crippen molar-refractivity contribution in [2.45, 2.75) is 31.9 Å². The van der Waals surface area contributed by atoms with Gasteiger partial charge in [-0.1, -0.05) is 24.6 Å². The second-order valence-corrected chi connectivity index (χ2v) is 6.54. The van der Waals surface area contributed by atoms with E-state index in [0.29, 0.717) is 24.2 Å². The molecule has 1 aromatic carbocycles. The average molecular weight is 343 g/mol. The van der Waals surface area contributed by atoms with Crippen LogP contribution in [0.5, 0.6) is 5.75 Å². The monoisotopic (exact) mass is 343 g/mol. The third-order valence-electron chi connectivity index (χ3n) is 4.63. The summed E-state index contributed by atoms with van der Waals surface area (Å²) in [5, 5.41) is 0. The van der Waals surface area contributed by atoms with Gasteiger partial charge in [0, 0.05) is 19.6 Å². The summed E-state index contributed by atoms with van der Waals surface area (Å²) >= 11 is 0. The number of likely N-dealkylation sites (N-methyl/N-ethyl adjacent to an activating group) is 2. The third-order valence-corrected chi connectivity index (χ3v) is 4.63. The van der Waals surface area contributed by atoms with Gasteiger partial charge < -0.3 is 19.0 Å². The highest BCUT2D eigenvalue weighted by Gasteiger charge is 2.24. The third kappa shape index (κ3) is 4.60. The molecule has 6 heteroatoms. The smallest absolute Gasteiger partial charge is 0.275 e. The Morgan fingerprint density at radius 2 is 2.16 bits per heavy atom.